The lowest BCUT2D eigenvalue weighted by Gasteiger charge is -2.16. The average Bonchev–Trinajstić information content (AvgIpc) is 3.15. The molecule has 3 heterocycles. The smallest absolute Gasteiger partial charge is 0.274 e. The summed E-state index contributed by atoms with van der Waals surface area (Å²) in [6.07, 6.45) is 2.96. The standard InChI is InChI=1S/C17H20N8O2/c1-4-24(5-2)17(26)11-8-13(12-9-20-14(18)10-19-12)25(23-11)15-6-7-16(27-3)22-21-15/h6-10H,4-5H2,1-3H3,(H2,18,20). The summed E-state index contributed by atoms with van der Waals surface area (Å²) in [7, 11) is 1.51. The van der Waals surface area contributed by atoms with Gasteiger partial charge in [0.1, 0.15) is 11.5 Å². The summed E-state index contributed by atoms with van der Waals surface area (Å²) in [5.74, 6) is 0.917. The van der Waals surface area contributed by atoms with Crippen LogP contribution in [0, 0.1) is 0 Å². The van der Waals surface area contributed by atoms with Crippen molar-refractivity contribution in [1.29, 1.82) is 0 Å². The number of carbonyl (C=O) groups excluding carboxylic acids is 1. The minimum Gasteiger partial charge on any atom is -0.480 e. The number of anilines is 1. The summed E-state index contributed by atoms with van der Waals surface area (Å²) in [6, 6.07) is 5.01. The molecule has 3 rings (SSSR count). The van der Waals surface area contributed by atoms with Gasteiger partial charge in [-0.05, 0) is 26.0 Å². The number of rotatable bonds is 6. The van der Waals surface area contributed by atoms with E-state index < -0.39 is 0 Å². The van der Waals surface area contributed by atoms with Crippen molar-refractivity contribution in [3.05, 3.63) is 36.3 Å². The van der Waals surface area contributed by atoms with Gasteiger partial charge in [0.25, 0.3) is 5.91 Å². The Morgan fingerprint density at radius 1 is 1.19 bits per heavy atom. The number of amides is 1. The van der Waals surface area contributed by atoms with Gasteiger partial charge in [0.2, 0.25) is 5.88 Å². The number of hydrogen-bond donors (Lipinski definition) is 1. The molecule has 0 aliphatic carbocycles. The molecule has 0 aliphatic heterocycles. The van der Waals surface area contributed by atoms with E-state index in [4.69, 9.17) is 10.5 Å². The van der Waals surface area contributed by atoms with Crippen LogP contribution >= 0.6 is 0 Å². The first kappa shape index (κ1) is 18.2. The summed E-state index contributed by atoms with van der Waals surface area (Å²) in [5.41, 5.74) is 6.96. The molecule has 1 amide bonds. The second-order valence-electron chi connectivity index (χ2n) is 5.56. The van der Waals surface area contributed by atoms with Gasteiger partial charge in [0, 0.05) is 19.2 Å². The number of nitrogens with two attached hydrogens (primary N) is 1. The first-order valence-electron chi connectivity index (χ1n) is 8.42. The van der Waals surface area contributed by atoms with E-state index in [1.807, 2.05) is 13.8 Å². The molecule has 140 valence electrons. The molecule has 0 bridgehead atoms. The molecular formula is C17H20N8O2. The van der Waals surface area contributed by atoms with Gasteiger partial charge in [-0.1, -0.05) is 0 Å². The van der Waals surface area contributed by atoms with E-state index in [0.29, 0.717) is 42.0 Å². The van der Waals surface area contributed by atoms with Crippen LogP contribution in [0.2, 0.25) is 0 Å². The first-order chi connectivity index (χ1) is 13.1. The van der Waals surface area contributed by atoms with E-state index in [2.05, 4.69) is 25.3 Å². The third-order valence-corrected chi connectivity index (χ3v) is 3.97. The predicted octanol–water partition coefficient (Wildman–Crippen LogP) is 1.19. The van der Waals surface area contributed by atoms with Gasteiger partial charge in [-0.2, -0.15) is 5.10 Å². The Morgan fingerprint density at radius 3 is 2.52 bits per heavy atom. The maximum atomic E-state index is 12.7. The molecule has 0 spiro atoms. The summed E-state index contributed by atoms with van der Waals surface area (Å²) in [5, 5.41) is 12.5. The molecule has 0 aromatic carbocycles. The normalized spacial score (nSPS) is 10.6. The molecule has 3 aromatic rings. The van der Waals surface area contributed by atoms with Crippen LogP contribution in [0.4, 0.5) is 5.82 Å². The van der Waals surface area contributed by atoms with Gasteiger partial charge in [-0.3, -0.25) is 4.79 Å². The highest BCUT2D eigenvalue weighted by atomic mass is 16.5. The Labute approximate surface area is 156 Å². The molecule has 0 saturated carbocycles. The van der Waals surface area contributed by atoms with Crippen molar-refractivity contribution < 1.29 is 9.53 Å². The number of carbonyl (C=O) groups is 1. The molecule has 2 N–H and O–H groups in total. The van der Waals surface area contributed by atoms with Crippen LogP contribution < -0.4 is 10.5 Å². The Hall–Kier alpha value is -3.56. The van der Waals surface area contributed by atoms with Crippen LogP contribution in [0.5, 0.6) is 5.88 Å². The lowest BCUT2D eigenvalue weighted by Crippen LogP contribution is -2.30. The van der Waals surface area contributed by atoms with Crippen molar-refractivity contribution in [1.82, 2.24) is 34.8 Å². The van der Waals surface area contributed by atoms with Gasteiger partial charge in [-0.15, -0.1) is 10.2 Å². The van der Waals surface area contributed by atoms with Crippen molar-refractivity contribution in [2.24, 2.45) is 0 Å². The van der Waals surface area contributed by atoms with E-state index in [0.717, 1.165) is 0 Å². The third-order valence-electron chi connectivity index (χ3n) is 3.97. The van der Waals surface area contributed by atoms with Crippen LogP contribution in [0.1, 0.15) is 24.3 Å². The molecule has 0 radical (unpaired) electrons. The summed E-state index contributed by atoms with van der Waals surface area (Å²) >= 11 is 0. The van der Waals surface area contributed by atoms with Gasteiger partial charge in [0.05, 0.1) is 25.2 Å². The van der Waals surface area contributed by atoms with Gasteiger partial charge in [0.15, 0.2) is 11.5 Å². The zero-order chi connectivity index (χ0) is 19.4. The summed E-state index contributed by atoms with van der Waals surface area (Å²) in [6.45, 7) is 5.00. The van der Waals surface area contributed by atoms with Crippen molar-refractivity contribution in [2.75, 3.05) is 25.9 Å². The monoisotopic (exact) mass is 368 g/mol. The van der Waals surface area contributed by atoms with Gasteiger partial charge < -0.3 is 15.4 Å². The zero-order valence-corrected chi connectivity index (χ0v) is 15.3. The maximum absolute atomic E-state index is 12.7. The van der Waals surface area contributed by atoms with Crippen molar-refractivity contribution >= 4 is 11.7 Å². The number of methoxy groups -OCH3 is 1. The molecule has 0 atom stereocenters. The van der Waals surface area contributed by atoms with Crippen LogP contribution in [-0.4, -0.2) is 61.0 Å². The minimum atomic E-state index is -0.176. The predicted molar refractivity (Wildman–Crippen MR) is 98.4 cm³/mol. The highest BCUT2D eigenvalue weighted by molar-refractivity contribution is 5.93. The lowest BCUT2D eigenvalue weighted by molar-refractivity contribution is 0.0766. The Bertz CT molecular complexity index is 917. The Balaban J connectivity index is 2.11. The van der Waals surface area contributed by atoms with E-state index >= 15 is 0 Å². The fourth-order valence-corrected chi connectivity index (χ4v) is 2.52. The van der Waals surface area contributed by atoms with E-state index in [9.17, 15) is 4.79 Å². The molecule has 0 unspecified atom stereocenters. The van der Waals surface area contributed by atoms with Crippen LogP contribution in [0.3, 0.4) is 0 Å². The Morgan fingerprint density at radius 2 is 1.96 bits per heavy atom. The van der Waals surface area contributed by atoms with Gasteiger partial charge >= 0.3 is 0 Å². The highest BCUT2D eigenvalue weighted by Gasteiger charge is 2.21. The van der Waals surface area contributed by atoms with Gasteiger partial charge in [-0.25, -0.2) is 14.6 Å². The quantitative estimate of drug-likeness (QED) is 0.688. The molecule has 10 heteroatoms. The topological polar surface area (TPSA) is 125 Å². The second kappa shape index (κ2) is 7.77. The summed E-state index contributed by atoms with van der Waals surface area (Å²) < 4.78 is 6.54. The van der Waals surface area contributed by atoms with E-state index in [1.165, 1.54) is 24.2 Å². The number of nitrogen functional groups attached to an aromatic ring is 1. The fraction of sp³-hybridized carbons (Fsp3) is 0.294. The number of nitrogens with zero attached hydrogens (tertiary/aromatic N) is 7. The molecule has 10 nitrogen and oxygen atoms in total. The zero-order valence-electron chi connectivity index (χ0n) is 15.3. The largest absolute Gasteiger partial charge is 0.480 e. The highest BCUT2D eigenvalue weighted by Crippen LogP contribution is 2.22. The van der Waals surface area contributed by atoms with Crippen molar-refractivity contribution in [3.63, 3.8) is 0 Å². The number of hydrogen-bond acceptors (Lipinski definition) is 8. The fourth-order valence-electron chi connectivity index (χ4n) is 2.52. The average molecular weight is 368 g/mol. The summed E-state index contributed by atoms with van der Waals surface area (Å²) in [4.78, 5) is 22.8. The molecule has 27 heavy (non-hydrogen) atoms. The SMILES string of the molecule is CCN(CC)C(=O)c1cc(-c2cnc(N)cn2)n(-c2ccc(OC)nn2)n1. The van der Waals surface area contributed by atoms with Crippen molar-refractivity contribution in [3.8, 4) is 23.1 Å². The van der Waals surface area contributed by atoms with Crippen molar-refractivity contribution in [2.45, 2.75) is 13.8 Å². The lowest BCUT2D eigenvalue weighted by atomic mass is 10.2. The maximum Gasteiger partial charge on any atom is 0.274 e. The van der Waals surface area contributed by atoms with Crippen LogP contribution in [0.25, 0.3) is 17.2 Å². The Kier molecular flexibility index (Phi) is 5.25. The number of aromatic nitrogens is 6. The van der Waals surface area contributed by atoms with Crippen LogP contribution in [-0.2, 0) is 0 Å². The third kappa shape index (κ3) is 3.68. The minimum absolute atomic E-state index is 0.176. The first-order valence-corrected chi connectivity index (χ1v) is 8.42. The number of ether oxygens (including phenoxy) is 1. The second-order valence-corrected chi connectivity index (χ2v) is 5.56. The van der Waals surface area contributed by atoms with E-state index in [-0.39, 0.29) is 11.6 Å². The van der Waals surface area contributed by atoms with Crippen LogP contribution in [0.15, 0.2) is 30.6 Å². The molecule has 0 fully saturated rings. The molecule has 0 saturated heterocycles. The molecule has 3 aromatic heterocycles. The molecule has 0 aliphatic rings. The molecular weight excluding hydrogens is 348 g/mol. The van der Waals surface area contributed by atoms with E-state index in [1.54, 1.807) is 23.1 Å².